The molecule has 0 spiro atoms. The van der Waals surface area contributed by atoms with E-state index in [-0.39, 0.29) is 18.5 Å². The first-order chi connectivity index (χ1) is 9.81. The third kappa shape index (κ3) is 2.82. The van der Waals surface area contributed by atoms with E-state index in [1.165, 1.54) is 0 Å². The number of carbonyl (C=O) groups excluding carboxylic acids is 2. The van der Waals surface area contributed by atoms with Crippen LogP contribution in [0.25, 0.3) is 0 Å². The van der Waals surface area contributed by atoms with E-state index in [0.717, 1.165) is 23.1 Å². The summed E-state index contributed by atoms with van der Waals surface area (Å²) in [7, 11) is 0. The summed E-state index contributed by atoms with van der Waals surface area (Å²) in [6.45, 7) is -0.113. The summed E-state index contributed by atoms with van der Waals surface area (Å²) < 4.78 is 13.2. The summed E-state index contributed by atoms with van der Waals surface area (Å²) in [5.41, 5.74) is 4.17. The zero-order valence-corrected chi connectivity index (χ0v) is 10.7. The molecule has 1 saturated heterocycles. The van der Waals surface area contributed by atoms with E-state index in [1.807, 2.05) is 0 Å². The molecule has 1 aromatic carbocycles. The minimum atomic E-state index is -1.07. The van der Waals surface area contributed by atoms with Crippen LogP contribution in [0.1, 0.15) is 16.8 Å². The van der Waals surface area contributed by atoms with Gasteiger partial charge in [0.2, 0.25) is 11.7 Å². The number of benzene rings is 1. The number of likely N-dealkylation sites (tertiary alicyclic amines) is 1. The summed E-state index contributed by atoms with van der Waals surface area (Å²) in [6.07, 6.45) is -0.897. The number of nitrogens with zero attached hydrogens (tertiary/aromatic N) is 2. The SMILES string of the molecule is NC(=O)C1CC(O)CN1C(=O)c1ccc(F)c([N+](=O)[O-])c1. The molecular weight excluding hydrogens is 285 g/mol. The van der Waals surface area contributed by atoms with E-state index >= 15 is 0 Å². The zero-order valence-electron chi connectivity index (χ0n) is 10.7. The number of carbonyl (C=O) groups is 2. The van der Waals surface area contributed by atoms with Gasteiger partial charge in [0, 0.05) is 24.6 Å². The van der Waals surface area contributed by atoms with Crippen LogP contribution in [-0.2, 0) is 4.79 Å². The van der Waals surface area contributed by atoms with Crippen LogP contribution in [0.3, 0.4) is 0 Å². The van der Waals surface area contributed by atoms with E-state index < -0.39 is 40.4 Å². The Kier molecular flexibility index (Phi) is 3.85. The first-order valence-electron chi connectivity index (χ1n) is 6.03. The Hall–Kier alpha value is -2.55. The largest absolute Gasteiger partial charge is 0.391 e. The van der Waals surface area contributed by atoms with E-state index in [0.29, 0.717) is 0 Å². The zero-order chi connectivity index (χ0) is 15.7. The molecule has 2 unspecified atom stereocenters. The molecule has 2 amide bonds. The number of nitro benzene ring substituents is 1. The third-order valence-corrected chi connectivity index (χ3v) is 3.26. The Morgan fingerprint density at radius 2 is 2.14 bits per heavy atom. The van der Waals surface area contributed by atoms with Crippen LogP contribution < -0.4 is 5.73 Å². The molecule has 1 heterocycles. The normalized spacial score (nSPS) is 21.3. The van der Waals surface area contributed by atoms with Gasteiger partial charge < -0.3 is 15.7 Å². The standard InChI is InChI=1S/C12H12FN3O5/c13-8-2-1-6(3-9(8)16(20)21)12(19)15-5-7(17)4-10(15)11(14)18/h1-3,7,10,17H,4-5H2,(H2,14,18). The average molecular weight is 297 g/mol. The molecule has 0 aliphatic carbocycles. The smallest absolute Gasteiger partial charge is 0.305 e. The highest BCUT2D eigenvalue weighted by Crippen LogP contribution is 2.24. The van der Waals surface area contributed by atoms with Gasteiger partial charge >= 0.3 is 5.69 Å². The Bertz CT molecular complexity index is 621. The molecule has 0 saturated carbocycles. The van der Waals surface area contributed by atoms with Crippen molar-refractivity contribution in [2.75, 3.05) is 6.54 Å². The lowest BCUT2D eigenvalue weighted by atomic mass is 10.1. The number of β-amino-alcohol motifs (C(OH)–C–C–N with tert-alkyl or cyclic N) is 1. The fourth-order valence-corrected chi connectivity index (χ4v) is 2.26. The maximum Gasteiger partial charge on any atom is 0.305 e. The van der Waals surface area contributed by atoms with Crippen molar-refractivity contribution in [2.45, 2.75) is 18.6 Å². The van der Waals surface area contributed by atoms with Crippen LogP contribution in [0.5, 0.6) is 0 Å². The van der Waals surface area contributed by atoms with Crippen LogP contribution >= 0.6 is 0 Å². The predicted octanol–water partition coefficient (Wildman–Crippen LogP) is -0.205. The first-order valence-corrected chi connectivity index (χ1v) is 6.03. The minimum absolute atomic E-state index is 0.00433. The van der Waals surface area contributed by atoms with Crippen LogP contribution in [-0.4, -0.2) is 45.4 Å². The van der Waals surface area contributed by atoms with Gasteiger partial charge in [-0.25, -0.2) is 0 Å². The van der Waals surface area contributed by atoms with Gasteiger partial charge in [-0.2, -0.15) is 4.39 Å². The molecule has 21 heavy (non-hydrogen) atoms. The Balaban J connectivity index is 2.33. The fourth-order valence-electron chi connectivity index (χ4n) is 2.26. The number of amides is 2. The third-order valence-electron chi connectivity index (χ3n) is 3.26. The number of hydrogen-bond acceptors (Lipinski definition) is 5. The highest BCUT2D eigenvalue weighted by atomic mass is 19.1. The first kappa shape index (κ1) is 14.9. The monoisotopic (exact) mass is 297 g/mol. The Labute approximate surface area is 118 Å². The summed E-state index contributed by atoms with van der Waals surface area (Å²) in [4.78, 5) is 34.3. The second-order valence-corrected chi connectivity index (χ2v) is 4.69. The molecule has 2 rings (SSSR count). The van der Waals surface area contributed by atoms with Crippen molar-refractivity contribution < 1.29 is 24.0 Å². The van der Waals surface area contributed by atoms with Gasteiger partial charge in [-0.15, -0.1) is 0 Å². The molecule has 1 aliphatic rings. The summed E-state index contributed by atoms with van der Waals surface area (Å²) in [5.74, 6) is -2.57. The van der Waals surface area contributed by atoms with Crippen molar-refractivity contribution in [3.05, 3.63) is 39.7 Å². The molecule has 0 bridgehead atoms. The lowest BCUT2D eigenvalue weighted by Crippen LogP contribution is -2.43. The number of halogens is 1. The molecule has 1 aromatic rings. The average Bonchev–Trinajstić information content (AvgIpc) is 2.80. The predicted molar refractivity (Wildman–Crippen MR) is 67.7 cm³/mol. The van der Waals surface area contributed by atoms with Crippen LogP contribution in [0.4, 0.5) is 10.1 Å². The van der Waals surface area contributed by atoms with Gasteiger partial charge in [0.05, 0.1) is 11.0 Å². The Morgan fingerprint density at radius 3 is 2.71 bits per heavy atom. The van der Waals surface area contributed by atoms with Gasteiger partial charge in [-0.3, -0.25) is 19.7 Å². The molecular formula is C12H12FN3O5. The van der Waals surface area contributed by atoms with E-state index in [1.54, 1.807) is 0 Å². The van der Waals surface area contributed by atoms with Crippen LogP contribution in [0.15, 0.2) is 18.2 Å². The molecule has 3 N–H and O–H groups in total. The van der Waals surface area contributed by atoms with Gasteiger partial charge in [0.15, 0.2) is 0 Å². The minimum Gasteiger partial charge on any atom is -0.391 e. The fraction of sp³-hybridized carbons (Fsp3) is 0.333. The van der Waals surface area contributed by atoms with Gasteiger partial charge in [-0.05, 0) is 12.1 Å². The number of aliphatic hydroxyl groups is 1. The number of nitro groups is 1. The second kappa shape index (κ2) is 5.44. The van der Waals surface area contributed by atoms with Crippen molar-refractivity contribution in [3.63, 3.8) is 0 Å². The summed E-state index contributed by atoms with van der Waals surface area (Å²) >= 11 is 0. The summed E-state index contributed by atoms with van der Waals surface area (Å²) in [5, 5.41) is 20.2. The maximum atomic E-state index is 13.2. The van der Waals surface area contributed by atoms with Crippen molar-refractivity contribution in [1.82, 2.24) is 4.90 Å². The topological polar surface area (TPSA) is 127 Å². The summed E-state index contributed by atoms with van der Waals surface area (Å²) in [6, 6.07) is 1.68. The van der Waals surface area contributed by atoms with Crippen molar-refractivity contribution in [2.24, 2.45) is 5.73 Å². The second-order valence-electron chi connectivity index (χ2n) is 4.69. The van der Waals surface area contributed by atoms with E-state index in [9.17, 15) is 29.2 Å². The molecule has 1 aliphatic heterocycles. The van der Waals surface area contributed by atoms with E-state index in [2.05, 4.69) is 0 Å². The lowest BCUT2D eigenvalue weighted by molar-refractivity contribution is -0.387. The van der Waals surface area contributed by atoms with Crippen molar-refractivity contribution in [1.29, 1.82) is 0 Å². The van der Waals surface area contributed by atoms with E-state index in [4.69, 9.17) is 5.73 Å². The highest BCUT2D eigenvalue weighted by molar-refractivity contribution is 5.98. The maximum absolute atomic E-state index is 13.2. The molecule has 0 radical (unpaired) electrons. The van der Waals surface area contributed by atoms with Gasteiger partial charge in [-0.1, -0.05) is 0 Å². The molecule has 8 nitrogen and oxygen atoms in total. The van der Waals surface area contributed by atoms with Crippen molar-refractivity contribution >= 4 is 17.5 Å². The highest BCUT2D eigenvalue weighted by Gasteiger charge is 2.38. The molecule has 1 fully saturated rings. The number of nitrogens with two attached hydrogens (primary N) is 1. The number of hydrogen-bond donors (Lipinski definition) is 2. The Morgan fingerprint density at radius 1 is 1.48 bits per heavy atom. The molecule has 2 atom stereocenters. The van der Waals surface area contributed by atoms with Crippen LogP contribution in [0, 0.1) is 15.9 Å². The number of primary amides is 1. The lowest BCUT2D eigenvalue weighted by Gasteiger charge is -2.21. The van der Waals surface area contributed by atoms with Crippen LogP contribution in [0.2, 0.25) is 0 Å². The molecule has 0 aromatic heterocycles. The quantitative estimate of drug-likeness (QED) is 0.589. The number of rotatable bonds is 3. The number of aliphatic hydroxyl groups excluding tert-OH is 1. The van der Waals surface area contributed by atoms with Crippen molar-refractivity contribution in [3.8, 4) is 0 Å². The molecule has 9 heteroatoms. The molecule has 112 valence electrons. The van der Waals surface area contributed by atoms with Gasteiger partial charge in [0.1, 0.15) is 6.04 Å². The van der Waals surface area contributed by atoms with Gasteiger partial charge in [0.25, 0.3) is 5.91 Å².